The molecule has 1 aliphatic heterocycles. The van der Waals surface area contributed by atoms with E-state index in [-0.39, 0.29) is 11.7 Å². The highest BCUT2D eigenvalue weighted by Crippen LogP contribution is 2.33. The lowest BCUT2D eigenvalue weighted by molar-refractivity contribution is 0.0746. The first-order valence-electron chi connectivity index (χ1n) is 10.6. The largest absolute Gasteiger partial charge is 0.344 e. The predicted octanol–water partition coefficient (Wildman–Crippen LogP) is 4.51. The highest BCUT2D eigenvalue weighted by atomic mass is 32.1. The maximum Gasteiger partial charge on any atom is 0.253 e. The lowest BCUT2D eigenvalue weighted by Gasteiger charge is -2.34. The number of aryl methyl sites for hydroxylation is 3. The molecule has 5 rings (SSSR count). The van der Waals surface area contributed by atoms with E-state index in [0.29, 0.717) is 13.1 Å². The van der Waals surface area contributed by atoms with E-state index < -0.39 is 0 Å². The average Bonchev–Trinajstić information content (AvgIpc) is 3.36. The number of halogens is 1. The average molecular weight is 450 g/mol. The summed E-state index contributed by atoms with van der Waals surface area (Å²) in [6.07, 6.45) is 0. The molecular formula is C24H24FN5OS. The zero-order valence-electron chi connectivity index (χ0n) is 18.3. The molecule has 0 spiro atoms. The molecule has 2 aromatic heterocycles. The molecule has 1 saturated heterocycles. The van der Waals surface area contributed by atoms with E-state index in [2.05, 4.69) is 16.9 Å². The van der Waals surface area contributed by atoms with Gasteiger partial charge >= 0.3 is 0 Å². The zero-order chi connectivity index (χ0) is 22.4. The van der Waals surface area contributed by atoms with Gasteiger partial charge in [-0.3, -0.25) is 4.79 Å². The van der Waals surface area contributed by atoms with Crippen molar-refractivity contribution in [2.24, 2.45) is 0 Å². The quantitative estimate of drug-likeness (QED) is 0.462. The summed E-state index contributed by atoms with van der Waals surface area (Å²) < 4.78 is 16.1. The fourth-order valence-corrected chi connectivity index (χ4v) is 5.02. The smallest absolute Gasteiger partial charge is 0.253 e. The highest BCUT2D eigenvalue weighted by Gasteiger charge is 2.25. The molecule has 0 saturated carbocycles. The van der Waals surface area contributed by atoms with Crippen LogP contribution in [0.3, 0.4) is 0 Å². The van der Waals surface area contributed by atoms with Crippen molar-refractivity contribution in [1.29, 1.82) is 0 Å². The van der Waals surface area contributed by atoms with Gasteiger partial charge in [-0.25, -0.2) is 9.07 Å². The number of anilines is 1. The van der Waals surface area contributed by atoms with Crippen LogP contribution in [-0.2, 0) is 0 Å². The molecule has 0 atom stereocenters. The third-order valence-electron chi connectivity index (χ3n) is 6.04. The number of carbonyl (C=O) groups is 1. The normalized spacial score (nSPS) is 14.4. The molecule has 0 bridgehead atoms. The van der Waals surface area contributed by atoms with E-state index in [1.807, 2.05) is 36.9 Å². The summed E-state index contributed by atoms with van der Waals surface area (Å²) in [7, 11) is 0. The molecule has 0 N–H and O–H groups in total. The van der Waals surface area contributed by atoms with Crippen LogP contribution in [0.5, 0.6) is 0 Å². The number of fused-ring (bicyclic) bond motifs is 1. The van der Waals surface area contributed by atoms with Gasteiger partial charge in [0.2, 0.25) is 0 Å². The van der Waals surface area contributed by atoms with Gasteiger partial charge in [-0.15, -0.1) is 0 Å². The fraction of sp³-hybridized carbons (Fsp3) is 0.292. The number of thiazole rings is 1. The number of hydrogen-bond donors (Lipinski definition) is 0. The topological polar surface area (TPSA) is 54.3 Å². The number of hydrogen-bond acceptors (Lipinski definition) is 5. The van der Waals surface area contributed by atoms with Crippen LogP contribution in [-0.4, -0.2) is 51.8 Å². The van der Waals surface area contributed by atoms with Crippen molar-refractivity contribution in [1.82, 2.24) is 19.7 Å². The lowest BCUT2D eigenvalue weighted by Crippen LogP contribution is -2.48. The van der Waals surface area contributed by atoms with Crippen LogP contribution < -0.4 is 4.90 Å². The molecule has 0 radical (unpaired) electrons. The van der Waals surface area contributed by atoms with E-state index in [1.54, 1.807) is 28.2 Å². The van der Waals surface area contributed by atoms with E-state index in [1.165, 1.54) is 17.7 Å². The van der Waals surface area contributed by atoms with Gasteiger partial charge in [0, 0.05) is 31.7 Å². The van der Waals surface area contributed by atoms with Crippen molar-refractivity contribution in [2.75, 3.05) is 31.1 Å². The predicted molar refractivity (Wildman–Crippen MR) is 125 cm³/mol. The van der Waals surface area contributed by atoms with Crippen molar-refractivity contribution in [3.05, 3.63) is 70.7 Å². The zero-order valence-corrected chi connectivity index (χ0v) is 19.1. The summed E-state index contributed by atoms with van der Waals surface area (Å²) in [5.74, 6) is -0.194. The van der Waals surface area contributed by atoms with E-state index in [4.69, 9.17) is 4.98 Å². The molecule has 0 unspecified atom stereocenters. The molecule has 1 aliphatic rings. The molecular weight excluding hydrogens is 425 g/mol. The minimum atomic E-state index is -0.277. The molecule has 3 heterocycles. The van der Waals surface area contributed by atoms with Gasteiger partial charge in [0.05, 0.1) is 16.1 Å². The summed E-state index contributed by atoms with van der Waals surface area (Å²) in [5, 5.41) is 5.51. The van der Waals surface area contributed by atoms with E-state index in [0.717, 1.165) is 51.1 Å². The summed E-state index contributed by atoms with van der Waals surface area (Å²) in [6.45, 7) is 8.83. The molecule has 1 amide bonds. The van der Waals surface area contributed by atoms with Gasteiger partial charge in [-0.05, 0) is 68.3 Å². The number of benzene rings is 2. The highest BCUT2D eigenvalue weighted by molar-refractivity contribution is 7.22. The molecule has 1 fully saturated rings. The monoisotopic (exact) mass is 449 g/mol. The van der Waals surface area contributed by atoms with Crippen LogP contribution in [0, 0.1) is 26.6 Å². The SMILES string of the molecule is Cc1ccc(C(=O)N2CCN(c3nc4c(s3)c(C)nn4-c3ccc(F)cc3)CC2)cc1C. The van der Waals surface area contributed by atoms with Gasteiger partial charge in [0.15, 0.2) is 10.8 Å². The van der Waals surface area contributed by atoms with Crippen LogP contribution in [0.15, 0.2) is 42.5 Å². The van der Waals surface area contributed by atoms with Gasteiger partial charge in [-0.1, -0.05) is 17.4 Å². The Morgan fingerprint density at radius 3 is 2.38 bits per heavy atom. The third-order valence-corrected chi connectivity index (χ3v) is 7.25. The van der Waals surface area contributed by atoms with Gasteiger partial charge in [0.1, 0.15) is 5.82 Å². The number of amides is 1. The van der Waals surface area contributed by atoms with Crippen molar-refractivity contribution in [2.45, 2.75) is 20.8 Å². The Morgan fingerprint density at radius 2 is 1.69 bits per heavy atom. The Morgan fingerprint density at radius 1 is 0.969 bits per heavy atom. The van der Waals surface area contributed by atoms with Crippen LogP contribution >= 0.6 is 11.3 Å². The molecule has 164 valence electrons. The van der Waals surface area contributed by atoms with Crippen LogP contribution in [0.4, 0.5) is 9.52 Å². The fourth-order valence-electron chi connectivity index (χ4n) is 3.98. The van der Waals surface area contributed by atoms with Crippen LogP contribution in [0.25, 0.3) is 16.0 Å². The van der Waals surface area contributed by atoms with Crippen molar-refractivity contribution >= 4 is 32.7 Å². The van der Waals surface area contributed by atoms with Crippen molar-refractivity contribution in [3.8, 4) is 5.69 Å². The van der Waals surface area contributed by atoms with Crippen molar-refractivity contribution in [3.63, 3.8) is 0 Å². The van der Waals surface area contributed by atoms with Gasteiger partial charge in [-0.2, -0.15) is 10.1 Å². The molecule has 0 aliphatic carbocycles. The summed E-state index contributed by atoms with van der Waals surface area (Å²) >= 11 is 1.61. The summed E-state index contributed by atoms with van der Waals surface area (Å²) in [4.78, 5) is 21.9. The first-order valence-corrected chi connectivity index (χ1v) is 11.5. The Bertz CT molecular complexity index is 1300. The molecule has 2 aromatic carbocycles. The third kappa shape index (κ3) is 3.64. The first-order chi connectivity index (χ1) is 15.4. The Labute approximate surface area is 189 Å². The summed E-state index contributed by atoms with van der Waals surface area (Å²) in [5.41, 5.74) is 5.53. The Balaban J connectivity index is 1.34. The van der Waals surface area contributed by atoms with Gasteiger partial charge in [0.25, 0.3) is 5.91 Å². The maximum atomic E-state index is 13.3. The summed E-state index contributed by atoms with van der Waals surface area (Å²) in [6, 6.07) is 12.2. The molecule has 32 heavy (non-hydrogen) atoms. The number of rotatable bonds is 3. The van der Waals surface area contributed by atoms with Gasteiger partial charge < -0.3 is 9.80 Å². The standard InChI is InChI=1S/C24H24FN5OS/c1-15-4-5-18(14-16(15)2)23(31)28-10-12-29(13-11-28)24-26-22-21(32-24)17(3)27-30(22)20-8-6-19(25)7-9-20/h4-9,14H,10-13H2,1-3H3. The first kappa shape index (κ1) is 20.6. The van der Waals surface area contributed by atoms with E-state index in [9.17, 15) is 9.18 Å². The Kier molecular flexibility index (Phi) is 5.17. The number of nitrogens with zero attached hydrogens (tertiary/aromatic N) is 5. The van der Waals surface area contributed by atoms with Crippen LogP contribution in [0.2, 0.25) is 0 Å². The maximum absolute atomic E-state index is 13.3. The Hall–Kier alpha value is -3.26. The molecule has 8 heteroatoms. The number of carbonyl (C=O) groups excluding carboxylic acids is 1. The second-order valence-corrected chi connectivity index (χ2v) is 9.18. The minimum absolute atomic E-state index is 0.0832. The van der Waals surface area contributed by atoms with Crippen molar-refractivity contribution < 1.29 is 9.18 Å². The lowest BCUT2D eigenvalue weighted by atomic mass is 10.1. The second-order valence-electron chi connectivity index (χ2n) is 8.20. The van der Waals surface area contributed by atoms with Crippen LogP contribution in [0.1, 0.15) is 27.2 Å². The minimum Gasteiger partial charge on any atom is -0.344 e. The van der Waals surface area contributed by atoms with E-state index >= 15 is 0 Å². The molecule has 6 nitrogen and oxygen atoms in total. The second kappa shape index (κ2) is 8.02. The molecule has 4 aromatic rings. The number of aromatic nitrogens is 3. The number of piperazine rings is 1.